The molecular weight excluding hydrogens is 502 g/mol. The van der Waals surface area contributed by atoms with Crippen molar-refractivity contribution in [1.82, 2.24) is 26.3 Å². The van der Waals surface area contributed by atoms with Crippen molar-refractivity contribution in [2.45, 2.75) is 40.5 Å². The van der Waals surface area contributed by atoms with Crippen LogP contribution in [0.15, 0.2) is 48.7 Å². The first-order valence-corrected chi connectivity index (χ1v) is 11.7. The zero-order valence-electron chi connectivity index (χ0n) is 20.9. The van der Waals surface area contributed by atoms with Crippen LogP contribution in [0.1, 0.15) is 38.8 Å². The molecule has 0 saturated heterocycles. The molecule has 0 fully saturated rings. The molecule has 39 heavy (non-hydrogen) atoms. The van der Waals surface area contributed by atoms with Crippen LogP contribution >= 0.6 is 0 Å². The highest BCUT2D eigenvalue weighted by Crippen LogP contribution is 2.23. The molecule has 0 aliphatic rings. The number of carbonyl (C=O) groups excluding carboxylic acids is 4. The third kappa shape index (κ3) is 12.5. The third-order valence-electron chi connectivity index (χ3n) is 5.34. The maximum Gasteiger partial charge on any atom is 0.229 e. The average Bonchev–Trinajstić information content (AvgIpc) is 3.27. The number of fused-ring (bicyclic) bond motifs is 1. The summed E-state index contributed by atoms with van der Waals surface area (Å²) in [5.74, 6) is -0.763. The minimum atomic E-state index is -0.306. The third-order valence-corrected chi connectivity index (χ3v) is 5.34. The molecule has 0 bridgehead atoms. The van der Waals surface area contributed by atoms with E-state index in [-0.39, 0.29) is 62.8 Å². The van der Waals surface area contributed by atoms with E-state index >= 15 is 0 Å². The highest BCUT2D eigenvalue weighted by Gasteiger charge is 2.09. The lowest BCUT2D eigenvalue weighted by Gasteiger charge is -2.05. The van der Waals surface area contributed by atoms with Gasteiger partial charge < -0.3 is 36.5 Å². The highest BCUT2D eigenvalue weighted by molar-refractivity contribution is 5.97. The number of hydrogen-bond donors (Lipinski definition) is 7. The fourth-order valence-electron chi connectivity index (χ4n) is 3.31. The summed E-state index contributed by atoms with van der Waals surface area (Å²) in [6, 6.07) is 11.9. The Bertz CT molecular complexity index is 1210. The van der Waals surface area contributed by atoms with Crippen LogP contribution in [0.5, 0.6) is 11.5 Å². The zero-order valence-corrected chi connectivity index (χ0v) is 20.9. The Morgan fingerprint density at radius 1 is 0.718 bits per heavy atom. The molecule has 0 atom stereocenters. The number of nitrogens with one attached hydrogen (secondary N) is 5. The van der Waals surface area contributed by atoms with Crippen molar-refractivity contribution in [2.75, 3.05) is 27.2 Å². The Morgan fingerprint density at radius 3 is 1.77 bits per heavy atom. The van der Waals surface area contributed by atoms with Gasteiger partial charge in [0.2, 0.25) is 23.6 Å². The molecule has 0 aliphatic carbocycles. The van der Waals surface area contributed by atoms with Gasteiger partial charge in [0.05, 0.1) is 0 Å². The molecule has 0 radical (unpaired) electrons. The molecule has 0 saturated carbocycles. The van der Waals surface area contributed by atoms with E-state index in [0.717, 1.165) is 22.0 Å². The Balaban J connectivity index is 0.000000714. The van der Waals surface area contributed by atoms with Crippen LogP contribution in [0.25, 0.3) is 10.9 Å². The molecule has 1 aromatic heterocycles. The molecule has 3 rings (SSSR count). The first-order chi connectivity index (χ1) is 17.7. The van der Waals surface area contributed by atoms with E-state index in [1.54, 1.807) is 42.5 Å². The van der Waals surface area contributed by atoms with Gasteiger partial charge in [-0.1, -0.05) is 27.0 Å². The summed E-state index contributed by atoms with van der Waals surface area (Å²) in [6.07, 6.45) is 2.84. The van der Waals surface area contributed by atoms with E-state index in [2.05, 4.69) is 26.3 Å². The van der Waals surface area contributed by atoms with Crippen molar-refractivity contribution in [3.8, 4) is 11.5 Å². The Morgan fingerprint density at radius 2 is 1.23 bits per heavy atom. The molecular formula is C28H41N5O6. The molecule has 1 heterocycles. The average molecular weight is 544 g/mol. The largest absolute Gasteiger partial charge is 0.508 e. The molecule has 0 spiro atoms. The Labute approximate surface area is 229 Å². The minimum Gasteiger partial charge on any atom is -0.508 e. The number of benzene rings is 2. The van der Waals surface area contributed by atoms with Crippen LogP contribution in [0.3, 0.4) is 0 Å². The summed E-state index contributed by atoms with van der Waals surface area (Å²) >= 11 is 0. The first-order valence-electron chi connectivity index (χ1n) is 11.7. The van der Waals surface area contributed by atoms with Crippen LogP contribution in [-0.4, -0.2) is 66.0 Å². The molecule has 7 N–H and O–H groups in total. The topological polar surface area (TPSA) is 173 Å². The number of aromatic hydroxyl groups is 2. The fourth-order valence-corrected chi connectivity index (χ4v) is 3.31. The minimum absolute atomic E-state index is 0. The summed E-state index contributed by atoms with van der Waals surface area (Å²) in [4.78, 5) is 47.7. The maximum absolute atomic E-state index is 11.4. The van der Waals surface area contributed by atoms with Crippen LogP contribution in [-0.2, 0) is 32.0 Å². The second kappa shape index (κ2) is 17.8. The van der Waals surface area contributed by atoms with Crippen molar-refractivity contribution in [1.29, 1.82) is 0 Å². The van der Waals surface area contributed by atoms with E-state index < -0.39 is 0 Å². The van der Waals surface area contributed by atoms with Gasteiger partial charge in [0.25, 0.3) is 0 Å². The van der Waals surface area contributed by atoms with E-state index in [1.807, 2.05) is 6.20 Å². The van der Waals surface area contributed by atoms with Gasteiger partial charge in [0.1, 0.15) is 24.3 Å². The van der Waals surface area contributed by atoms with Crippen molar-refractivity contribution < 1.29 is 29.4 Å². The van der Waals surface area contributed by atoms with Crippen molar-refractivity contribution in [3.05, 3.63) is 59.8 Å². The van der Waals surface area contributed by atoms with Gasteiger partial charge in [-0.25, -0.2) is 0 Å². The summed E-state index contributed by atoms with van der Waals surface area (Å²) in [6.45, 7) is 0.916. The number of carbonyl (C=O) groups is 4. The second-order valence-electron chi connectivity index (χ2n) is 8.11. The van der Waals surface area contributed by atoms with Gasteiger partial charge in [0, 0.05) is 44.3 Å². The number of amides is 4. The second-order valence-corrected chi connectivity index (χ2v) is 8.11. The van der Waals surface area contributed by atoms with Crippen LogP contribution in [0.4, 0.5) is 0 Å². The molecule has 0 aliphatic heterocycles. The lowest BCUT2D eigenvalue weighted by molar-refractivity contribution is -0.130. The number of phenols is 2. The number of H-pyrrole nitrogens is 1. The van der Waals surface area contributed by atoms with Gasteiger partial charge in [0.15, 0.2) is 0 Å². The number of aromatic amines is 1. The van der Waals surface area contributed by atoms with Gasteiger partial charge in [-0.3, -0.25) is 19.2 Å². The normalized spacial score (nSPS) is 9.59. The van der Waals surface area contributed by atoms with E-state index in [0.29, 0.717) is 25.9 Å². The highest BCUT2D eigenvalue weighted by atomic mass is 16.3. The number of rotatable bonds is 10. The smallest absolute Gasteiger partial charge is 0.229 e. The summed E-state index contributed by atoms with van der Waals surface area (Å²) in [5.41, 5.74) is 2.97. The van der Waals surface area contributed by atoms with Gasteiger partial charge >= 0.3 is 0 Å². The number of hydrogen-bond acceptors (Lipinski definition) is 6. The quantitative estimate of drug-likeness (QED) is 0.193. The standard InChI is InChI=1S/C14H17N3O3.C12H16N2O3.2CH4/c1-15-13(19)7-14(20)16-5-4-9-8-17-12-3-2-10(18)6-11(9)12;1-13-11(16)8-12(17)14-7-6-9-2-4-10(15)5-3-9;;/h2-3,6,8,17-18H,4-5,7H2,1H3,(H,15,19)(H,16,20);2-5,15H,6-8H2,1H3,(H,13,16)(H,14,17);2*1H4. The van der Waals surface area contributed by atoms with Crippen LogP contribution in [0, 0.1) is 0 Å². The van der Waals surface area contributed by atoms with E-state index in [9.17, 15) is 24.3 Å². The lowest BCUT2D eigenvalue weighted by atomic mass is 10.1. The zero-order chi connectivity index (χ0) is 27.2. The molecule has 11 nitrogen and oxygen atoms in total. The van der Waals surface area contributed by atoms with E-state index in [1.165, 1.54) is 14.1 Å². The Kier molecular flexibility index (Phi) is 15.8. The predicted molar refractivity (Wildman–Crippen MR) is 152 cm³/mol. The van der Waals surface area contributed by atoms with Crippen molar-refractivity contribution >= 4 is 34.5 Å². The molecule has 214 valence electrons. The van der Waals surface area contributed by atoms with Crippen molar-refractivity contribution in [3.63, 3.8) is 0 Å². The monoisotopic (exact) mass is 543 g/mol. The summed E-state index contributed by atoms with van der Waals surface area (Å²) in [5, 5.41) is 29.6. The lowest BCUT2D eigenvalue weighted by Crippen LogP contribution is -2.31. The van der Waals surface area contributed by atoms with Gasteiger partial charge in [-0.2, -0.15) is 0 Å². The SMILES string of the molecule is C.C.CNC(=O)CC(=O)NCCc1c[nH]c2ccc(O)cc12.CNC(=O)CC(=O)NCCc1ccc(O)cc1. The van der Waals surface area contributed by atoms with Gasteiger partial charge in [-0.05, 0) is 54.3 Å². The van der Waals surface area contributed by atoms with Crippen molar-refractivity contribution in [2.24, 2.45) is 0 Å². The number of phenolic OH excluding ortho intramolecular Hbond substituents is 2. The fraction of sp³-hybridized carbons (Fsp3) is 0.357. The van der Waals surface area contributed by atoms with Crippen LogP contribution < -0.4 is 21.3 Å². The Hall–Kier alpha value is -4.54. The van der Waals surface area contributed by atoms with Crippen LogP contribution in [0.2, 0.25) is 0 Å². The molecule has 4 amide bonds. The molecule has 11 heteroatoms. The number of aromatic nitrogens is 1. The van der Waals surface area contributed by atoms with E-state index in [4.69, 9.17) is 5.11 Å². The maximum atomic E-state index is 11.4. The summed E-state index contributed by atoms with van der Waals surface area (Å²) < 4.78 is 0. The predicted octanol–water partition coefficient (Wildman–Crippen LogP) is 2.13. The molecule has 2 aromatic carbocycles. The molecule has 0 unspecified atom stereocenters. The summed E-state index contributed by atoms with van der Waals surface area (Å²) in [7, 11) is 2.99. The first kappa shape index (κ1) is 34.5. The molecule has 3 aromatic rings. The van der Waals surface area contributed by atoms with Gasteiger partial charge in [-0.15, -0.1) is 0 Å².